The lowest BCUT2D eigenvalue weighted by Gasteiger charge is -2.15. The molecule has 0 unspecified atom stereocenters. The highest BCUT2D eigenvalue weighted by Crippen LogP contribution is 2.18. The highest BCUT2D eigenvalue weighted by atomic mass is 32.2. The minimum atomic E-state index is -3.29. The third-order valence-corrected chi connectivity index (χ3v) is 4.63. The molecular weight excluding hydrogens is 344 g/mol. The van der Waals surface area contributed by atoms with Crippen molar-refractivity contribution in [3.8, 4) is 0 Å². The van der Waals surface area contributed by atoms with Gasteiger partial charge in [-0.1, -0.05) is 0 Å². The van der Waals surface area contributed by atoms with Crippen LogP contribution in [0.4, 0.5) is 11.4 Å². The Morgan fingerprint density at radius 3 is 2.12 bits per heavy atom. The summed E-state index contributed by atoms with van der Waals surface area (Å²) in [5.74, 6) is -0.314. The second-order valence-corrected chi connectivity index (χ2v) is 7.36. The fourth-order valence-corrected chi connectivity index (χ4v) is 2.66. The molecule has 2 rings (SSSR count). The van der Waals surface area contributed by atoms with Gasteiger partial charge in [0, 0.05) is 37.2 Å². The summed E-state index contributed by atoms with van der Waals surface area (Å²) >= 11 is 0. The monoisotopic (exact) mass is 360 g/mol. The zero-order valence-corrected chi connectivity index (χ0v) is 14.4. The van der Waals surface area contributed by atoms with Gasteiger partial charge < -0.3 is 4.90 Å². The average Bonchev–Trinajstić information content (AvgIpc) is 2.58. The van der Waals surface area contributed by atoms with Gasteiger partial charge in [0.05, 0.1) is 9.82 Å². The first-order valence-corrected chi connectivity index (χ1v) is 9.08. The fraction of sp³-hybridized carbons (Fsp3) is 0.118. The minimum Gasteiger partial charge on any atom is -0.312 e. The van der Waals surface area contributed by atoms with E-state index in [2.05, 4.69) is 0 Å². The van der Waals surface area contributed by atoms with E-state index in [-0.39, 0.29) is 16.5 Å². The number of rotatable bonds is 5. The number of hydrogen-bond donors (Lipinski definition) is 0. The van der Waals surface area contributed by atoms with Gasteiger partial charge in [0.1, 0.15) is 0 Å². The molecule has 0 radical (unpaired) electrons. The first kappa shape index (κ1) is 18.3. The predicted molar refractivity (Wildman–Crippen MR) is 95.1 cm³/mol. The maximum absolute atomic E-state index is 12.2. The number of nitrogens with zero attached hydrogens (tertiary/aromatic N) is 2. The molecule has 0 spiro atoms. The number of benzene rings is 2. The molecule has 130 valence electrons. The number of carbonyl (C=O) groups excluding carboxylic acids is 1. The lowest BCUT2D eigenvalue weighted by molar-refractivity contribution is -0.384. The summed E-state index contributed by atoms with van der Waals surface area (Å²) in [4.78, 5) is 23.8. The number of amides is 1. The van der Waals surface area contributed by atoms with Crippen LogP contribution in [0, 0.1) is 10.1 Å². The van der Waals surface area contributed by atoms with Crippen LogP contribution in [0.15, 0.2) is 59.5 Å². The Bertz CT molecular complexity index is 917. The SMILES string of the molecule is CN(C(=O)/C=C/c1ccc([N+](=O)[O-])cc1)c1ccc(S(C)(=O)=O)cc1. The molecule has 25 heavy (non-hydrogen) atoms. The fourth-order valence-electron chi connectivity index (χ4n) is 2.03. The smallest absolute Gasteiger partial charge is 0.269 e. The van der Waals surface area contributed by atoms with E-state index in [1.165, 1.54) is 35.2 Å². The number of nitro benzene ring substituents is 1. The molecule has 0 heterocycles. The van der Waals surface area contributed by atoms with Crippen LogP contribution in [0.5, 0.6) is 0 Å². The van der Waals surface area contributed by atoms with Gasteiger partial charge in [0.2, 0.25) is 0 Å². The van der Waals surface area contributed by atoms with Crippen molar-refractivity contribution in [2.45, 2.75) is 4.90 Å². The summed E-state index contributed by atoms with van der Waals surface area (Å²) in [5.41, 5.74) is 1.18. The Kier molecular flexibility index (Phi) is 5.33. The van der Waals surface area contributed by atoms with Crippen molar-refractivity contribution in [2.24, 2.45) is 0 Å². The Morgan fingerprint density at radius 1 is 1.08 bits per heavy atom. The average molecular weight is 360 g/mol. The van der Waals surface area contributed by atoms with E-state index in [0.29, 0.717) is 11.3 Å². The predicted octanol–water partition coefficient (Wildman–Crippen LogP) is 2.67. The molecule has 7 nitrogen and oxygen atoms in total. The lowest BCUT2D eigenvalue weighted by Crippen LogP contribution is -2.23. The quantitative estimate of drug-likeness (QED) is 0.464. The number of nitro groups is 1. The van der Waals surface area contributed by atoms with E-state index in [4.69, 9.17) is 0 Å². The second kappa shape index (κ2) is 7.27. The third kappa shape index (κ3) is 4.74. The molecule has 1 amide bonds. The normalized spacial score (nSPS) is 11.4. The van der Waals surface area contributed by atoms with Crippen LogP contribution in [-0.2, 0) is 14.6 Å². The molecular formula is C17H16N2O5S. The molecule has 0 aromatic heterocycles. The van der Waals surface area contributed by atoms with Gasteiger partial charge in [0.15, 0.2) is 9.84 Å². The van der Waals surface area contributed by atoms with Crippen LogP contribution in [0.25, 0.3) is 6.08 Å². The van der Waals surface area contributed by atoms with Crippen LogP contribution >= 0.6 is 0 Å². The van der Waals surface area contributed by atoms with E-state index < -0.39 is 14.8 Å². The summed E-state index contributed by atoms with van der Waals surface area (Å²) < 4.78 is 22.9. The summed E-state index contributed by atoms with van der Waals surface area (Å²) in [6, 6.07) is 11.8. The molecule has 0 fully saturated rings. The molecule has 2 aromatic carbocycles. The van der Waals surface area contributed by atoms with E-state index in [1.54, 1.807) is 37.4 Å². The van der Waals surface area contributed by atoms with Crippen molar-refractivity contribution in [2.75, 3.05) is 18.2 Å². The zero-order valence-electron chi connectivity index (χ0n) is 13.6. The van der Waals surface area contributed by atoms with Crippen LogP contribution in [0.1, 0.15) is 5.56 Å². The maximum atomic E-state index is 12.2. The largest absolute Gasteiger partial charge is 0.312 e. The highest BCUT2D eigenvalue weighted by molar-refractivity contribution is 7.90. The molecule has 0 aliphatic rings. The molecule has 2 aromatic rings. The van der Waals surface area contributed by atoms with Crippen LogP contribution in [0.3, 0.4) is 0 Å². The van der Waals surface area contributed by atoms with Crippen LogP contribution < -0.4 is 4.90 Å². The first-order chi connectivity index (χ1) is 11.7. The molecule has 0 aliphatic heterocycles. The number of hydrogen-bond acceptors (Lipinski definition) is 5. The van der Waals surface area contributed by atoms with Crippen molar-refractivity contribution >= 4 is 33.2 Å². The molecule has 8 heteroatoms. The third-order valence-electron chi connectivity index (χ3n) is 3.51. The molecule has 0 atom stereocenters. The van der Waals surface area contributed by atoms with Gasteiger partial charge in [-0.15, -0.1) is 0 Å². The Labute approximate surface area is 145 Å². The number of likely N-dealkylation sites (N-methyl/N-ethyl adjacent to an activating group) is 1. The molecule has 0 saturated carbocycles. The summed E-state index contributed by atoms with van der Waals surface area (Å²) in [7, 11) is -1.72. The summed E-state index contributed by atoms with van der Waals surface area (Å²) in [6.45, 7) is 0. The number of non-ortho nitro benzene ring substituents is 1. The molecule has 0 aliphatic carbocycles. The van der Waals surface area contributed by atoms with Gasteiger partial charge in [-0.25, -0.2) is 8.42 Å². The Balaban J connectivity index is 2.10. The first-order valence-electron chi connectivity index (χ1n) is 7.19. The summed E-state index contributed by atoms with van der Waals surface area (Å²) in [5, 5.41) is 10.6. The van der Waals surface area contributed by atoms with E-state index >= 15 is 0 Å². The lowest BCUT2D eigenvalue weighted by atomic mass is 10.2. The van der Waals surface area contributed by atoms with Crippen molar-refractivity contribution in [3.63, 3.8) is 0 Å². The van der Waals surface area contributed by atoms with Gasteiger partial charge in [-0.2, -0.15) is 0 Å². The maximum Gasteiger partial charge on any atom is 0.269 e. The van der Waals surface area contributed by atoms with Gasteiger partial charge in [-0.3, -0.25) is 14.9 Å². The van der Waals surface area contributed by atoms with E-state index in [0.717, 1.165) is 6.26 Å². The zero-order chi connectivity index (χ0) is 18.6. The van der Waals surface area contributed by atoms with Crippen LogP contribution in [-0.4, -0.2) is 32.6 Å². The Hall–Kier alpha value is -3.00. The second-order valence-electron chi connectivity index (χ2n) is 5.35. The number of anilines is 1. The van der Waals surface area contributed by atoms with Crippen molar-refractivity contribution in [1.29, 1.82) is 0 Å². The standard InChI is InChI=1S/C17H16N2O5S/c1-18(14-8-10-16(11-9-14)25(2,23)24)17(20)12-5-13-3-6-15(7-4-13)19(21)22/h3-12H,1-2H3/b12-5+. The van der Waals surface area contributed by atoms with Gasteiger partial charge in [-0.05, 0) is 48.0 Å². The summed E-state index contributed by atoms with van der Waals surface area (Å²) in [6.07, 6.45) is 4.00. The van der Waals surface area contributed by atoms with E-state index in [9.17, 15) is 23.3 Å². The minimum absolute atomic E-state index is 0.0217. The topological polar surface area (TPSA) is 97.6 Å². The van der Waals surface area contributed by atoms with Crippen molar-refractivity contribution < 1.29 is 18.1 Å². The number of sulfone groups is 1. The molecule has 0 bridgehead atoms. The number of carbonyl (C=O) groups is 1. The van der Waals surface area contributed by atoms with Crippen LogP contribution in [0.2, 0.25) is 0 Å². The van der Waals surface area contributed by atoms with Gasteiger partial charge >= 0.3 is 0 Å². The van der Waals surface area contributed by atoms with Gasteiger partial charge in [0.25, 0.3) is 11.6 Å². The molecule has 0 N–H and O–H groups in total. The van der Waals surface area contributed by atoms with Crippen molar-refractivity contribution in [1.82, 2.24) is 0 Å². The highest BCUT2D eigenvalue weighted by Gasteiger charge is 2.11. The Morgan fingerprint density at radius 2 is 1.64 bits per heavy atom. The van der Waals surface area contributed by atoms with E-state index in [1.807, 2.05) is 0 Å². The molecule has 0 saturated heterocycles. The van der Waals surface area contributed by atoms with Crippen molar-refractivity contribution in [3.05, 3.63) is 70.3 Å².